The SMILES string of the molecule is O=C(Nc1ccccc1)Oc1c(F)cc(I)cc1F. The lowest BCUT2D eigenvalue weighted by atomic mass is 10.3. The zero-order chi connectivity index (χ0) is 13.8. The molecule has 0 fully saturated rings. The molecule has 2 rings (SSSR count). The Labute approximate surface area is 121 Å². The summed E-state index contributed by atoms with van der Waals surface area (Å²) in [6.07, 6.45) is -0.954. The Morgan fingerprint density at radius 2 is 1.68 bits per heavy atom. The average molecular weight is 375 g/mol. The quantitative estimate of drug-likeness (QED) is 0.800. The summed E-state index contributed by atoms with van der Waals surface area (Å²) in [5.74, 6) is -2.56. The first kappa shape index (κ1) is 13.7. The molecule has 0 unspecified atom stereocenters. The molecule has 0 aliphatic rings. The number of ether oxygens (including phenoxy) is 1. The fraction of sp³-hybridized carbons (Fsp3) is 0. The van der Waals surface area contributed by atoms with Crippen molar-refractivity contribution in [2.75, 3.05) is 5.32 Å². The number of halogens is 3. The predicted octanol–water partition coefficient (Wildman–Crippen LogP) is 4.18. The van der Waals surface area contributed by atoms with Crippen molar-refractivity contribution in [3.8, 4) is 5.75 Å². The summed E-state index contributed by atoms with van der Waals surface area (Å²) in [6, 6.07) is 10.6. The van der Waals surface area contributed by atoms with E-state index in [2.05, 4.69) is 10.1 Å². The molecule has 0 radical (unpaired) electrons. The van der Waals surface area contributed by atoms with Crippen molar-refractivity contribution in [2.45, 2.75) is 0 Å². The van der Waals surface area contributed by atoms with Crippen molar-refractivity contribution in [1.29, 1.82) is 0 Å². The Hall–Kier alpha value is -1.70. The molecule has 2 aromatic rings. The average Bonchev–Trinajstić information content (AvgIpc) is 2.35. The molecular weight excluding hydrogens is 367 g/mol. The minimum Gasteiger partial charge on any atom is -0.404 e. The second-order valence-electron chi connectivity index (χ2n) is 3.58. The summed E-state index contributed by atoms with van der Waals surface area (Å²) < 4.78 is 31.9. The van der Waals surface area contributed by atoms with Gasteiger partial charge in [-0.1, -0.05) is 18.2 Å². The molecule has 98 valence electrons. The van der Waals surface area contributed by atoms with Gasteiger partial charge in [-0.15, -0.1) is 0 Å². The van der Waals surface area contributed by atoms with Crippen LogP contribution in [0, 0.1) is 15.2 Å². The van der Waals surface area contributed by atoms with E-state index in [1.807, 2.05) is 0 Å². The molecule has 2 aromatic carbocycles. The zero-order valence-electron chi connectivity index (χ0n) is 9.49. The van der Waals surface area contributed by atoms with E-state index in [0.717, 1.165) is 12.1 Å². The van der Waals surface area contributed by atoms with Crippen molar-refractivity contribution in [2.24, 2.45) is 0 Å². The van der Waals surface area contributed by atoms with E-state index in [4.69, 9.17) is 0 Å². The summed E-state index contributed by atoms with van der Waals surface area (Å²) in [5, 5.41) is 2.36. The van der Waals surface area contributed by atoms with Gasteiger partial charge in [0.05, 0.1) is 0 Å². The van der Waals surface area contributed by atoms with Crippen LogP contribution in [0.3, 0.4) is 0 Å². The molecule has 0 saturated heterocycles. The lowest BCUT2D eigenvalue weighted by molar-refractivity contribution is 0.210. The first-order valence-electron chi connectivity index (χ1n) is 5.24. The minimum absolute atomic E-state index is 0.378. The van der Waals surface area contributed by atoms with Crippen LogP contribution < -0.4 is 10.1 Å². The van der Waals surface area contributed by atoms with Crippen molar-refractivity contribution >= 4 is 34.4 Å². The number of carbonyl (C=O) groups is 1. The summed E-state index contributed by atoms with van der Waals surface area (Å²) >= 11 is 1.76. The molecule has 0 aromatic heterocycles. The maximum Gasteiger partial charge on any atom is 0.417 e. The second-order valence-corrected chi connectivity index (χ2v) is 4.82. The Morgan fingerprint density at radius 1 is 1.11 bits per heavy atom. The van der Waals surface area contributed by atoms with Crippen LogP contribution >= 0.6 is 22.6 Å². The highest BCUT2D eigenvalue weighted by atomic mass is 127. The number of carbonyl (C=O) groups excluding carboxylic acids is 1. The third-order valence-corrected chi connectivity index (χ3v) is 2.80. The molecule has 0 bridgehead atoms. The molecule has 0 atom stereocenters. The van der Waals surface area contributed by atoms with Crippen LogP contribution in [0.15, 0.2) is 42.5 Å². The van der Waals surface area contributed by atoms with Gasteiger partial charge in [-0.2, -0.15) is 0 Å². The highest BCUT2D eigenvalue weighted by molar-refractivity contribution is 14.1. The molecule has 6 heteroatoms. The number of hydrogen-bond acceptors (Lipinski definition) is 2. The predicted molar refractivity (Wildman–Crippen MR) is 75.2 cm³/mol. The van der Waals surface area contributed by atoms with Crippen LogP contribution in [0.2, 0.25) is 0 Å². The third kappa shape index (κ3) is 3.63. The zero-order valence-corrected chi connectivity index (χ0v) is 11.6. The van der Waals surface area contributed by atoms with Crippen LogP contribution in [0.5, 0.6) is 5.75 Å². The largest absolute Gasteiger partial charge is 0.417 e. The molecule has 0 aliphatic heterocycles. The fourth-order valence-corrected chi connectivity index (χ4v) is 1.93. The van der Waals surface area contributed by atoms with Gasteiger partial charge < -0.3 is 4.74 Å². The monoisotopic (exact) mass is 375 g/mol. The lowest BCUT2D eigenvalue weighted by Crippen LogP contribution is -2.18. The summed E-state index contributed by atoms with van der Waals surface area (Å²) in [4.78, 5) is 11.5. The molecule has 0 heterocycles. The standard InChI is InChI=1S/C13H8F2INO2/c14-10-6-8(16)7-11(15)12(10)19-13(18)17-9-4-2-1-3-5-9/h1-7H,(H,17,18). The number of amides is 1. The van der Waals surface area contributed by atoms with E-state index >= 15 is 0 Å². The fourth-order valence-electron chi connectivity index (χ4n) is 1.38. The number of anilines is 1. The summed E-state index contributed by atoms with van der Waals surface area (Å²) in [5.41, 5.74) is 0.471. The highest BCUT2D eigenvalue weighted by Crippen LogP contribution is 2.24. The Morgan fingerprint density at radius 3 is 2.26 bits per heavy atom. The van der Waals surface area contributed by atoms with Gasteiger partial charge in [-0.05, 0) is 46.9 Å². The first-order chi connectivity index (χ1) is 9.06. The van der Waals surface area contributed by atoms with E-state index in [0.29, 0.717) is 9.26 Å². The molecule has 1 N–H and O–H groups in total. The van der Waals surface area contributed by atoms with Gasteiger partial charge in [-0.3, -0.25) is 5.32 Å². The van der Waals surface area contributed by atoms with Crippen molar-refractivity contribution in [1.82, 2.24) is 0 Å². The van der Waals surface area contributed by atoms with Gasteiger partial charge in [0.25, 0.3) is 0 Å². The third-order valence-electron chi connectivity index (χ3n) is 2.18. The van der Waals surface area contributed by atoms with E-state index < -0.39 is 23.5 Å². The van der Waals surface area contributed by atoms with E-state index in [1.54, 1.807) is 52.9 Å². The molecule has 1 amide bonds. The van der Waals surface area contributed by atoms with Gasteiger partial charge in [0, 0.05) is 9.26 Å². The van der Waals surface area contributed by atoms with E-state index in [-0.39, 0.29) is 0 Å². The van der Waals surface area contributed by atoms with Crippen LogP contribution in [-0.4, -0.2) is 6.09 Å². The highest BCUT2D eigenvalue weighted by Gasteiger charge is 2.15. The van der Waals surface area contributed by atoms with Gasteiger partial charge >= 0.3 is 6.09 Å². The number of nitrogens with one attached hydrogen (secondary N) is 1. The molecule has 0 aliphatic carbocycles. The van der Waals surface area contributed by atoms with Crippen LogP contribution in [0.25, 0.3) is 0 Å². The van der Waals surface area contributed by atoms with Gasteiger partial charge in [0.1, 0.15) is 0 Å². The van der Waals surface area contributed by atoms with Gasteiger partial charge in [0.15, 0.2) is 11.6 Å². The normalized spacial score (nSPS) is 10.1. The smallest absolute Gasteiger partial charge is 0.404 e. The summed E-state index contributed by atoms with van der Waals surface area (Å²) in [6.45, 7) is 0. The van der Waals surface area contributed by atoms with Crippen molar-refractivity contribution in [3.05, 3.63) is 57.7 Å². The number of rotatable bonds is 2. The Kier molecular flexibility index (Phi) is 4.31. The molecule has 19 heavy (non-hydrogen) atoms. The van der Waals surface area contributed by atoms with Gasteiger partial charge in [0.2, 0.25) is 5.75 Å². The number of para-hydroxylation sites is 1. The molecular formula is C13H8F2INO2. The summed E-state index contributed by atoms with van der Waals surface area (Å²) in [7, 11) is 0. The van der Waals surface area contributed by atoms with Crippen molar-refractivity contribution in [3.63, 3.8) is 0 Å². The van der Waals surface area contributed by atoms with E-state index in [9.17, 15) is 13.6 Å². The van der Waals surface area contributed by atoms with Crippen molar-refractivity contribution < 1.29 is 18.3 Å². The Balaban J connectivity index is 2.12. The second kappa shape index (κ2) is 5.96. The molecule has 3 nitrogen and oxygen atoms in total. The van der Waals surface area contributed by atoms with Crippen LogP contribution in [-0.2, 0) is 0 Å². The molecule has 0 spiro atoms. The van der Waals surface area contributed by atoms with E-state index in [1.165, 1.54) is 0 Å². The minimum atomic E-state index is -0.954. The topological polar surface area (TPSA) is 38.3 Å². The van der Waals surface area contributed by atoms with Crippen LogP contribution in [0.4, 0.5) is 19.3 Å². The van der Waals surface area contributed by atoms with Gasteiger partial charge in [-0.25, -0.2) is 13.6 Å². The Bertz CT molecular complexity index is 582. The number of benzene rings is 2. The van der Waals surface area contributed by atoms with Crippen LogP contribution in [0.1, 0.15) is 0 Å². The molecule has 0 saturated carbocycles. The maximum atomic E-state index is 13.5. The number of hydrogen-bond donors (Lipinski definition) is 1. The maximum absolute atomic E-state index is 13.5. The first-order valence-corrected chi connectivity index (χ1v) is 6.32. The lowest BCUT2D eigenvalue weighted by Gasteiger charge is -2.08.